The van der Waals surface area contributed by atoms with Gasteiger partial charge in [0, 0.05) is 13.5 Å². The van der Waals surface area contributed by atoms with E-state index in [9.17, 15) is 4.79 Å². The van der Waals surface area contributed by atoms with Gasteiger partial charge in [-0.3, -0.25) is 4.79 Å². The van der Waals surface area contributed by atoms with E-state index in [1.807, 2.05) is 20.9 Å². The molecule has 0 aliphatic rings. The molecule has 1 atom stereocenters. The van der Waals surface area contributed by atoms with E-state index in [1.165, 1.54) is 0 Å². The highest BCUT2D eigenvalue weighted by molar-refractivity contribution is 5.75. The molecule has 1 heterocycles. The number of nitrogens with one attached hydrogen (secondary N) is 1. The average Bonchev–Trinajstić information content (AvgIpc) is 2.51. The molecular formula is C8H14N4O. The second-order valence-electron chi connectivity index (χ2n) is 2.94. The number of nitrogens with zero attached hydrogens (tertiary/aromatic N) is 3. The third-order valence-corrected chi connectivity index (χ3v) is 1.83. The van der Waals surface area contributed by atoms with Gasteiger partial charge in [-0.1, -0.05) is 6.92 Å². The van der Waals surface area contributed by atoms with Crippen LogP contribution < -0.4 is 5.32 Å². The van der Waals surface area contributed by atoms with Crippen LogP contribution in [0.2, 0.25) is 0 Å². The van der Waals surface area contributed by atoms with Gasteiger partial charge in [0.1, 0.15) is 6.33 Å². The minimum absolute atomic E-state index is 0.0236. The Morgan fingerprint density at radius 3 is 2.92 bits per heavy atom. The average molecular weight is 182 g/mol. The Labute approximate surface area is 77.2 Å². The summed E-state index contributed by atoms with van der Waals surface area (Å²) < 4.78 is 1.79. The molecule has 1 aromatic heterocycles. The summed E-state index contributed by atoms with van der Waals surface area (Å²) in [7, 11) is 1.85. The van der Waals surface area contributed by atoms with Gasteiger partial charge in [-0.05, 0) is 6.92 Å². The van der Waals surface area contributed by atoms with Crippen LogP contribution in [0.3, 0.4) is 0 Å². The van der Waals surface area contributed by atoms with Gasteiger partial charge in [0.25, 0.3) is 0 Å². The third-order valence-electron chi connectivity index (χ3n) is 1.83. The van der Waals surface area contributed by atoms with Crippen molar-refractivity contribution < 1.29 is 4.79 Å². The molecule has 1 amide bonds. The molecule has 1 unspecified atom stereocenters. The van der Waals surface area contributed by atoms with Gasteiger partial charge in [-0.25, -0.2) is 0 Å². The molecule has 0 aliphatic heterocycles. The van der Waals surface area contributed by atoms with E-state index in [2.05, 4.69) is 15.5 Å². The summed E-state index contributed by atoms with van der Waals surface area (Å²) in [6.07, 6.45) is 2.10. The fourth-order valence-corrected chi connectivity index (χ4v) is 1.09. The smallest absolute Gasteiger partial charge is 0.220 e. The molecule has 0 spiro atoms. The largest absolute Gasteiger partial charge is 0.346 e. The quantitative estimate of drug-likeness (QED) is 0.736. The summed E-state index contributed by atoms with van der Waals surface area (Å²) in [4.78, 5) is 11.1. The van der Waals surface area contributed by atoms with Crippen LogP contribution in [0.1, 0.15) is 32.1 Å². The molecular weight excluding hydrogens is 168 g/mol. The van der Waals surface area contributed by atoms with Crippen LogP contribution in [0.15, 0.2) is 6.33 Å². The lowest BCUT2D eigenvalue weighted by Gasteiger charge is -2.11. The van der Waals surface area contributed by atoms with Gasteiger partial charge < -0.3 is 9.88 Å². The summed E-state index contributed by atoms with van der Waals surface area (Å²) in [5.41, 5.74) is 0. The normalized spacial score (nSPS) is 12.5. The van der Waals surface area contributed by atoms with Crippen molar-refractivity contribution in [3.05, 3.63) is 12.2 Å². The molecule has 0 saturated heterocycles. The Morgan fingerprint density at radius 1 is 1.77 bits per heavy atom. The Morgan fingerprint density at radius 2 is 2.46 bits per heavy atom. The van der Waals surface area contributed by atoms with Crippen LogP contribution in [0, 0.1) is 0 Å². The second-order valence-corrected chi connectivity index (χ2v) is 2.94. The summed E-state index contributed by atoms with van der Waals surface area (Å²) in [5.74, 6) is 0.789. The first kappa shape index (κ1) is 9.70. The summed E-state index contributed by atoms with van der Waals surface area (Å²) in [6, 6.07) is -0.0834. The lowest BCUT2D eigenvalue weighted by Crippen LogP contribution is -2.27. The van der Waals surface area contributed by atoms with Crippen LogP contribution in [0.4, 0.5) is 0 Å². The van der Waals surface area contributed by atoms with Gasteiger partial charge in [0.15, 0.2) is 5.82 Å². The Kier molecular flexibility index (Phi) is 3.00. The number of aryl methyl sites for hydroxylation is 1. The number of amides is 1. The SMILES string of the molecule is CCC(=O)NC(C)c1nncn1C. The lowest BCUT2D eigenvalue weighted by atomic mass is 10.3. The predicted molar refractivity (Wildman–Crippen MR) is 47.9 cm³/mol. The van der Waals surface area contributed by atoms with Crippen molar-refractivity contribution in [2.75, 3.05) is 0 Å². The standard InChI is InChI=1S/C8H14N4O/c1-4-7(13)10-6(2)8-11-9-5-12(8)3/h5-6H,4H2,1-3H3,(H,10,13). The van der Waals surface area contributed by atoms with Gasteiger partial charge in [-0.2, -0.15) is 0 Å². The molecule has 0 bridgehead atoms. The first-order chi connectivity index (χ1) is 6.15. The monoisotopic (exact) mass is 182 g/mol. The Balaban J connectivity index is 2.63. The highest BCUT2D eigenvalue weighted by Crippen LogP contribution is 2.06. The zero-order valence-electron chi connectivity index (χ0n) is 8.11. The highest BCUT2D eigenvalue weighted by atomic mass is 16.1. The van der Waals surface area contributed by atoms with E-state index in [0.29, 0.717) is 6.42 Å². The summed E-state index contributed by atoms with van der Waals surface area (Å²) in [5, 5.41) is 10.4. The number of rotatable bonds is 3. The number of carbonyl (C=O) groups excluding carboxylic acids is 1. The van der Waals surface area contributed by atoms with Crippen LogP contribution >= 0.6 is 0 Å². The van der Waals surface area contributed by atoms with Gasteiger partial charge in [-0.15, -0.1) is 10.2 Å². The molecule has 13 heavy (non-hydrogen) atoms. The van der Waals surface area contributed by atoms with Crippen LogP contribution in [0.25, 0.3) is 0 Å². The number of aromatic nitrogens is 3. The highest BCUT2D eigenvalue weighted by Gasteiger charge is 2.12. The molecule has 0 aromatic carbocycles. The molecule has 1 aromatic rings. The van der Waals surface area contributed by atoms with E-state index in [0.717, 1.165) is 5.82 Å². The zero-order chi connectivity index (χ0) is 9.84. The molecule has 1 N–H and O–H groups in total. The van der Waals surface area contributed by atoms with E-state index in [4.69, 9.17) is 0 Å². The second kappa shape index (κ2) is 4.02. The van der Waals surface area contributed by atoms with E-state index in [-0.39, 0.29) is 11.9 Å². The minimum atomic E-state index is -0.0834. The summed E-state index contributed by atoms with van der Waals surface area (Å²) in [6.45, 7) is 3.70. The molecule has 5 nitrogen and oxygen atoms in total. The minimum Gasteiger partial charge on any atom is -0.346 e. The molecule has 5 heteroatoms. The Hall–Kier alpha value is -1.39. The molecule has 0 aliphatic carbocycles. The van der Waals surface area contributed by atoms with Gasteiger partial charge in [0.05, 0.1) is 6.04 Å². The van der Waals surface area contributed by atoms with Crippen molar-refractivity contribution in [2.45, 2.75) is 26.3 Å². The van der Waals surface area contributed by atoms with Crippen LogP contribution in [-0.2, 0) is 11.8 Å². The van der Waals surface area contributed by atoms with E-state index in [1.54, 1.807) is 10.9 Å². The third kappa shape index (κ3) is 2.27. The van der Waals surface area contributed by atoms with E-state index < -0.39 is 0 Å². The fourth-order valence-electron chi connectivity index (χ4n) is 1.09. The number of hydrogen-bond acceptors (Lipinski definition) is 3. The number of carbonyl (C=O) groups is 1. The molecule has 1 rings (SSSR count). The maximum Gasteiger partial charge on any atom is 0.220 e. The van der Waals surface area contributed by atoms with E-state index >= 15 is 0 Å². The molecule has 0 radical (unpaired) electrons. The molecule has 0 fully saturated rings. The fraction of sp³-hybridized carbons (Fsp3) is 0.625. The molecule has 0 saturated carbocycles. The first-order valence-corrected chi connectivity index (χ1v) is 4.28. The number of hydrogen-bond donors (Lipinski definition) is 1. The van der Waals surface area contributed by atoms with Crippen molar-refractivity contribution in [1.29, 1.82) is 0 Å². The lowest BCUT2D eigenvalue weighted by molar-refractivity contribution is -0.121. The summed E-state index contributed by atoms with van der Waals surface area (Å²) >= 11 is 0. The van der Waals surface area contributed by atoms with Crippen LogP contribution in [-0.4, -0.2) is 20.7 Å². The van der Waals surface area contributed by atoms with Gasteiger partial charge in [0.2, 0.25) is 5.91 Å². The Bertz CT molecular complexity index is 294. The first-order valence-electron chi connectivity index (χ1n) is 4.28. The van der Waals surface area contributed by atoms with Crippen LogP contribution in [0.5, 0.6) is 0 Å². The maximum absolute atomic E-state index is 11.1. The van der Waals surface area contributed by atoms with Crippen molar-refractivity contribution in [1.82, 2.24) is 20.1 Å². The maximum atomic E-state index is 11.1. The van der Waals surface area contributed by atoms with Crippen molar-refractivity contribution in [3.8, 4) is 0 Å². The van der Waals surface area contributed by atoms with Crippen molar-refractivity contribution in [2.24, 2.45) is 7.05 Å². The van der Waals surface area contributed by atoms with Crippen molar-refractivity contribution in [3.63, 3.8) is 0 Å². The van der Waals surface area contributed by atoms with Gasteiger partial charge >= 0.3 is 0 Å². The van der Waals surface area contributed by atoms with Crippen molar-refractivity contribution >= 4 is 5.91 Å². The zero-order valence-corrected chi connectivity index (χ0v) is 8.11. The predicted octanol–water partition coefficient (Wildman–Crippen LogP) is 0.402. The topological polar surface area (TPSA) is 59.8 Å². The molecule has 72 valence electrons.